The van der Waals surface area contributed by atoms with Gasteiger partial charge in [-0.1, -0.05) is 36.4 Å². The summed E-state index contributed by atoms with van der Waals surface area (Å²) in [5.41, 5.74) is 3.54. The topological polar surface area (TPSA) is 32.3 Å². The number of carbonyl (C=O) groups excluding carboxylic acids is 1. The zero-order valence-corrected chi connectivity index (χ0v) is 15.1. The maximum atomic E-state index is 13.1. The minimum absolute atomic E-state index is 0.164. The molecule has 2 aliphatic heterocycles. The van der Waals surface area contributed by atoms with Gasteiger partial charge in [0.05, 0.1) is 6.04 Å². The smallest absolute Gasteiger partial charge is 0.223 e. The predicted molar refractivity (Wildman–Crippen MR) is 100 cm³/mol. The highest BCUT2D eigenvalue weighted by molar-refractivity contribution is 5.77. The molecule has 3 atom stereocenters. The third kappa shape index (κ3) is 3.26. The molecule has 0 aliphatic carbocycles. The number of nitrogens with zero attached hydrogens (tertiary/aromatic N) is 1. The Morgan fingerprint density at radius 1 is 1.15 bits per heavy atom. The lowest BCUT2D eigenvalue weighted by atomic mass is 9.87. The van der Waals surface area contributed by atoms with Crippen molar-refractivity contribution in [1.82, 2.24) is 10.2 Å². The third-order valence-electron chi connectivity index (χ3n) is 5.93. The monoisotopic (exact) mass is 352 g/mol. The average Bonchev–Trinajstić information content (AvgIpc) is 3.23. The van der Waals surface area contributed by atoms with E-state index >= 15 is 0 Å². The van der Waals surface area contributed by atoms with Gasteiger partial charge in [-0.15, -0.1) is 0 Å². The second-order valence-electron chi connectivity index (χ2n) is 7.56. The maximum absolute atomic E-state index is 13.1. The quantitative estimate of drug-likeness (QED) is 0.914. The highest BCUT2D eigenvalue weighted by Gasteiger charge is 2.46. The van der Waals surface area contributed by atoms with E-state index in [1.54, 1.807) is 12.1 Å². The molecule has 0 bridgehead atoms. The molecule has 2 saturated heterocycles. The molecule has 2 heterocycles. The van der Waals surface area contributed by atoms with E-state index in [4.69, 9.17) is 0 Å². The normalized spacial score (nSPS) is 24.7. The summed E-state index contributed by atoms with van der Waals surface area (Å²) < 4.78 is 13.1. The van der Waals surface area contributed by atoms with Crippen LogP contribution in [0.25, 0.3) is 0 Å². The first-order valence-corrected chi connectivity index (χ1v) is 9.43. The van der Waals surface area contributed by atoms with Gasteiger partial charge in [0.2, 0.25) is 5.91 Å². The molecule has 0 spiro atoms. The third-order valence-corrected chi connectivity index (χ3v) is 5.93. The molecule has 2 aromatic rings. The van der Waals surface area contributed by atoms with Crippen molar-refractivity contribution in [1.29, 1.82) is 0 Å². The van der Waals surface area contributed by atoms with Crippen LogP contribution >= 0.6 is 0 Å². The first kappa shape index (κ1) is 17.2. The number of aryl methyl sites for hydroxylation is 2. The van der Waals surface area contributed by atoms with Crippen molar-refractivity contribution in [3.63, 3.8) is 0 Å². The summed E-state index contributed by atoms with van der Waals surface area (Å²) in [6, 6.07) is 15.0. The predicted octanol–water partition coefficient (Wildman–Crippen LogP) is 3.49. The van der Waals surface area contributed by atoms with Crippen LogP contribution in [0.15, 0.2) is 48.5 Å². The fourth-order valence-corrected chi connectivity index (χ4v) is 4.54. The fourth-order valence-electron chi connectivity index (χ4n) is 4.54. The highest BCUT2D eigenvalue weighted by Crippen LogP contribution is 2.43. The van der Waals surface area contributed by atoms with E-state index in [1.807, 2.05) is 0 Å². The molecule has 2 aromatic carbocycles. The Kier molecular flexibility index (Phi) is 4.77. The molecule has 26 heavy (non-hydrogen) atoms. The van der Waals surface area contributed by atoms with E-state index in [1.165, 1.54) is 23.3 Å². The van der Waals surface area contributed by atoms with Crippen molar-refractivity contribution < 1.29 is 9.18 Å². The molecule has 0 saturated carbocycles. The van der Waals surface area contributed by atoms with Crippen molar-refractivity contribution in [3.8, 4) is 0 Å². The lowest BCUT2D eigenvalue weighted by Crippen LogP contribution is -2.35. The SMILES string of the molecule is Cc1ccccc1[C@H]1[C@H]2CNC[C@H]2CN1C(=O)CCc1ccc(F)cc1. The molecule has 4 rings (SSSR count). The summed E-state index contributed by atoms with van der Waals surface area (Å²) in [6.45, 7) is 4.94. The van der Waals surface area contributed by atoms with Gasteiger partial charge < -0.3 is 10.2 Å². The largest absolute Gasteiger partial charge is 0.335 e. The van der Waals surface area contributed by atoms with Crippen molar-refractivity contribution in [2.45, 2.75) is 25.8 Å². The number of hydrogen-bond acceptors (Lipinski definition) is 2. The Bertz CT molecular complexity index is 789. The molecule has 0 unspecified atom stereocenters. The molecule has 4 heteroatoms. The summed E-state index contributed by atoms with van der Waals surface area (Å²) in [4.78, 5) is 15.1. The van der Waals surface area contributed by atoms with E-state index < -0.39 is 0 Å². The van der Waals surface area contributed by atoms with Gasteiger partial charge in [-0.25, -0.2) is 4.39 Å². The Hall–Kier alpha value is -2.20. The molecule has 2 aliphatic rings. The van der Waals surface area contributed by atoms with E-state index in [-0.39, 0.29) is 17.8 Å². The highest BCUT2D eigenvalue weighted by atomic mass is 19.1. The van der Waals surface area contributed by atoms with Crippen LogP contribution in [0.2, 0.25) is 0 Å². The zero-order valence-electron chi connectivity index (χ0n) is 15.1. The van der Waals surface area contributed by atoms with Crippen molar-refractivity contribution in [2.75, 3.05) is 19.6 Å². The van der Waals surface area contributed by atoms with Gasteiger partial charge in [0.1, 0.15) is 5.82 Å². The number of halogens is 1. The van der Waals surface area contributed by atoms with Gasteiger partial charge in [-0.2, -0.15) is 0 Å². The van der Waals surface area contributed by atoms with Crippen molar-refractivity contribution in [3.05, 3.63) is 71.0 Å². The van der Waals surface area contributed by atoms with E-state index in [2.05, 4.69) is 41.4 Å². The summed E-state index contributed by atoms with van der Waals surface area (Å²) in [5.74, 6) is 0.997. The molecule has 3 nitrogen and oxygen atoms in total. The van der Waals surface area contributed by atoms with Gasteiger partial charge >= 0.3 is 0 Å². The number of rotatable bonds is 4. The van der Waals surface area contributed by atoms with Gasteiger partial charge in [0, 0.05) is 32.0 Å². The summed E-state index contributed by atoms with van der Waals surface area (Å²) in [7, 11) is 0. The number of benzene rings is 2. The molecule has 1 N–H and O–H groups in total. The maximum Gasteiger partial charge on any atom is 0.223 e. The van der Waals surface area contributed by atoms with Crippen LogP contribution in [0, 0.1) is 24.6 Å². The van der Waals surface area contributed by atoms with Crippen LogP contribution in [0.4, 0.5) is 4.39 Å². The summed E-state index contributed by atoms with van der Waals surface area (Å²) in [6.07, 6.45) is 1.13. The molecule has 2 fully saturated rings. The van der Waals surface area contributed by atoms with Crippen molar-refractivity contribution in [2.24, 2.45) is 11.8 Å². The Balaban J connectivity index is 1.52. The second-order valence-corrected chi connectivity index (χ2v) is 7.56. The lowest BCUT2D eigenvalue weighted by Gasteiger charge is -2.29. The molecular weight excluding hydrogens is 327 g/mol. The van der Waals surface area contributed by atoms with Crippen LogP contribution in [0.1, 0.15) is 29.2 Å². The molecular formula is C22H25FN2O. The van der Waals surface area contributed by atoms with Crippen LogP contribution in [0.3, 0.4) is 0 Å². The fraction of sp³-hybridized carbons (Fsp3) is 0.409. The first-order chi connectivity index (χ1) is 12.6. The molecule has 0 radical (unpaired) electrons. The van der Waals surface area contributed by atoms with Gasteiger partial charge in [0.25, 0.3) is 0 Å². The zero-order chi connectivity index (χ0) is 18.1. The van der Waals surface area contributed by atoms with Crippen molar-refractivity contribution >= 4 is 5.91 Å². The van der Waals surface area contributed by atoms with E-state index in [0.29, 0.717) is 24.7 Å². The van der Waals surface area contributed by atoms with Crippen LogP contribution in [0.5, 0.6) is 0 Å². The minimum Gasteiger partial charge on any atom is -0.335 e. The standard InChI is InChI=1S/C22H25FN2O/c1-15-4-2-3-5-19(15)22-20-13-24-12-17(20)14-25(22)21(26)11-8-16-6-9-18(23)10-7-16/h2-7,9-10,17,20,22,24H,8,11-14H2,1H3/t17-,20-,22-/m0/s1. The van der Waals surface area contributed by atoms with E-state index in [9.17, 15) is 9.18 Å². The van der Waals surface area contributed by atoms with Crippen LogP contribution in [-0.2, 0) is 11.2 Å². The second kappa shape index (κ2) is 7.20. The Morgan fingerprint density at radius 3 is 2.69 bits per heavy atom. The average molecular weight is 352 g/mol. The summed E-state index contributed by atoms with van der Waals surface area (Å²) >= 11 is 0. The van der Waals surface area contributed by atoms with E-state index in [0.717, 1.165) is 25.2 Å². The Labute approximate surface area is 154 Å². The lowest BCUT2D eigenvalue weighted by molar-refractivity contribution is -0.132. The number of carbonyl (C=O) groups is 1. The Morgan fingerprint density at radius 2 is 1.92 bits per heavy atom. The van der Waals surface area contributed by atoms with Gasteiger partial charge in [-0.3, -0.25) is 4.79 Å². The summed E-state index contributed by atoms with van der Waals surface area (Å²) in [5, 5.41) is 3.49. The van der Waals surface area contributed by atoms with Gasteiger partial charge in [0.15, 0.2) is 0 Å². The van der Waals surface area contributed by atoms with Crippen LogP contribution < -0.4 is 5.32 Å². The molecule has 136 valence electrons. The number of fused-ring (bicyclic) bond motifs is 1. The minimum atomic E-state index is -0.237. The molecule has 0 aromatic heterocycles. The number of nitrogens with one attached hydrogen (secondary N) is 1. The number of hydrogen-bond donors (Lipinski definition) is 1. The number of amides is 1. The number of likely N-dealkylation sites (tertiary alicyclic amines) is 1. The van der Waals surface area contributed by atoms with Crippen LogP contribution in [-0.4, -0.2) is 30.4 Å². The van der Waals surface area contributed by atoms with Gasteiger partial charge in [-0.05, 0) is 48.1 Å². The first-order valence-electron chi connectivity index (χ1n) is 9.43. The molecule has 1 amide bonds.